The average Bonchev–Trinajstić information content (AvgIpc) is 2.87. The molecule has 0 radical (unpaired) electrons. The number of carbonyl (C=O) groups is 1. The number of rotatable bonds is 9. The maximum Gasteiger partial charge on any atom is 0.251 e. The third-order valence-corrected chi connectivity index (χ3v) is 6.47. The Bertz CT molecular complexity index is 963. The summed E-state index contributed by atoms with van der Waals surface area (Å²) in [4.78, 5) is 31.0. The molecular formula is C24H28N6OS. The van der Waals surface area contributed by atoms with Crippen LogP contribution in [0.25, 0.3) is 0 Å². The summed E-state index contributed by atoms with van der Waals surface area (Å²) in [7, 11) is 0. The number of anilines is 1. The van der Waals surface area contributed by atoms with Crippen molar-refractivity contribution in [2.45, 2.75) is 17.1 Å². The number of piperazine rings is 1. The van der Waals surface area contributed by atoms with Crippen LogP contribution in [-0.2, 0) is 5.75 Å². The topological polar surface area (TPSA) is 74.2 Å². The second-order valence-electron chi connectivity index (χ2n) is 7.66. The maximum absolute atomic E-state index is 12.4. The van der Waals surface area contributed by atoms with Gasteiger partial charge in [-0.25, -0.2) is 9.97 Å². The van der Waals surface area contributed by atoms with Gasteiger partial charge in [-0.3, -0.25) is 14.7 Å². The number of carbonyl (C=O) groups excluding carboxylic acids is 1. The number of nitrogens with one attached hydrogen (secondary N) is 1. The van der Waals surface area contributed by atoms with Crippen molar-refractivity contribution in [3.63, 3.8) is 0 Å². The summed E-state index contributed by atoms with van der Waals surface area (Å²) in [6.07, 6.45) is 8.17. The Morgan fingerprint density at radius 2 is 1.75 bits per heavy atom. The summed E-state index contributed by atoms with van der Waals surface area (Å²) >= 11 is 1.74. The molecule has 0 aliphatic carbocycles. The Morgan fingerprint density at radius 1 is 0.969 bits per heavy atom. The highest BCUT2D eigenvalue weighted by atomic mass is 32.2. The Balaban J connectivity index is 1.12. The predicted molar refractivity (Wildman–Crippen MR) is 128 cm³/mol. The molecule has 3 aromatic rings. The van der Waals surface area contributed by atoms with Gasteiger partial charge in [0.1, 0.15) is 0 Å². The van der Waals surface area contributed by atoms with Gasteiger partial charge in [-0.1, -0.05) is 6.07 Å². The maximum atomic E-state index is 12.4. The molecule has 1 fully saturated rings. The van der Waals surface area contributed by atoms with Crippen LogP contribution < -0.4 is 10.2 Å². The van der Waals surface area contributed by atoms with Gasteiger partial charge in [0.05, 0.1) is 0 Å². The SMILES string of the molecule is O=C(NCCCN1CCN(c2ncccn2)CC1)c1ccc(SCc2cccnc2)cc1. The molecule has 1 amide bonds. The molecule has 0 bridgehead atoms. The van der Waals surface area contributed by atoms with Crippen LogP contribution in [0.1, 0.15) is 22.3 Å². The fourth-order valence-corrected chi connectivity index (χ4v) is 4.42. The van der Waals surface area contributed by atoms with Crippen LogP contribution in [0.3, 0.4) is 0 Å². The van der Waals surface area contributed by atoms with Gasteiger partial charge in [-0.15, -0.1) is 11.8 Å². The second kappa shape index (κ2) is 11.6. The van der Waals surface area contributed by atoms with Gasteiger partial charge in [-0.2, -0.15) is 0 Å². The van der Waals surface area contributed by atoms with E-state index >= 15 is 0 Å². The van der Waals surface area contributed by atoms with E-state index in [1.54, 1.807) is 30.4 Å². The number of thioether (sulfide) groups is 1. The molecule has 4 rings (SSSR count). The Hall–Kier alpha value is -2.97. The van der Waals surface area contributed by atoms with E-state index < -0.39 is 0 Å². The normalized spacial score (nSPS) is 14.3. The molecule has 1 aliphatic rings. The first kappa shape index (κ1) is 22.2. The Kier molecular flexibility index (Phi) is 8.05. The van der Waals surface area contributed by atoms with Crippen LogP contribution in [-0.4, -0.2) is 65.0 Å². The van der Waals surface area contributed by atoms with E-state index in [0.717, 1.165) is 55.7 Å². The molecule has 3 heterocycles. The molecule has 0 atom stereocenters. The van der Waals surface area contributed by atoms with Crippen LogP contribution in [0.5, 0.6) is 0 Å². The van der Waals surface area contributed by atoms with Crippen molar-refractivity contribution in [1.29, 1.82) is 0 Å². The highest BCUT2D eigenvalue weighted by Gasteiger charge is 2.18. The van der Waals surface area contributed by atoms with Gasteiger partial charge in [-0.05, 0) is 54.9 Å². The van der Waals surface area contributed by atoms with Crippen molar-refractivity contribution in [2.24, 2.45) is 0 Å². The van der Waals surface area contributed by atoms with Crippen molar-refractivity contribution >= 4 is 23.6 Å². The summed E-state index contributed by atoms with van der Waals surface area (Å²) in [5.41, 5.74) is 1.89. The standard InChI is InChI=1S/C24H28N6OS/c31-23(21-5-7-22(8-6-21)32-19-20-4-1-9-25-18-20)26-12-3-13-29-14-16-30(17-15-29)24-27-10-2-11-28-24/h1-2,4-11,18H,3,12-17,19H2,(H,26,31). The van der Waals surface area contributed by atoms with E-state index in [1.807, 2.05) is 42.6 Å². The minimum Gasteiger partial charge on any atom is -0.352 e. The van der Waals surface area contributed by atoms with Crippen LogP contribution in [0.2, 0.25) is 0 Å². The lowest BCUT2D eigenvalue weighted by Crippen LogP contribution is -2.47. The first-order chi connectivity index (χ1) is 15.8. The van der Waals surface area contributed by atoms with Crippen LogP contribution >= 0.6 is 11.8 Å². The lowest BCUT2D eigenvalue weighted by molar-refractivity contribution is 0.0951. The van der Waals surface area contributed by atoms with E-state index in [9.17, 15) is 4.79 Å². The highest BCUT2D eigenvalue weighted by molar-refractivity contribution is 7.98. The monoisotopic (exact) mass is 448 g/mol. The van der Waals surface area contributed by atoms with E-state index in [0.29, 0.717) is 12.1 Å². The molecule has 7 nitrogen and oxygen atoms in total. The first-order valence-corrected chi connectivity index (χ1v) is 11.9. The van der Waals surface area contributed by atoms with Gasteiger partial charge in [0.2, 0.25) is 5.95 Å². The number of aromatic nitrogens is 3. The fraction of sp³-hybridized carbons (Fsp3) is 0.333. The molecule has 1 aliphatic heterocycles. The van der Waals surface area contributed by atoms with Gasteiger partial charge < -0.3 is 10.2 Å². The number of amides is 1. The van der Waals surface area contributed by atoms with Gasteiger partial charge >= 0.3 is 0 Å². The number of hydrogen-bond donors (Lipinski definition) is 1. The summed E-state index contributed by atoms with van der Waals surface area (Å²) < 4.78 is 0. The lowest BCUT2D eigenvalue weighted by Gasteiger charge is -2.34. The number of pyridine rings is 1. The molecule has 1 aromatic carbocycles. The van der Waals surface area contributed by atoms with Crippen molar-refractivity contribution in [1.82, 2.24) is 25.2 Å². The smallest absolute Gasteiger partial charge is 0.251 e. The third kappa shape index (κ3) is 6.51. The van der Waals surface area contributed by atoms with E-state index in [1.165, 1.54) is 5.56 Å². The molecule has 0 unspecified atom stereocenters. The number of hydrogen-bond acceptors (Lipinski definition) is 7. The quantitative estimate of drug-likeness (QED) is 0.398. The fourth-order valence-electron chi connectivity index (χ4n) is 3.59. The van der Waals surface area contributed by atoms with Gasteiger partial charge in [0, 0.05) is 73.7 Å². The molecule has 8 heteroatoms. The number of nitrogens with zero attached hydrogens (tertiary/aromatic N) is 5. The van der Waals surface area contributed by atoms with Crippen LogP contribution in [0, 0.1) is 0 Å². The Morgan fingerprint density at radius 3 is 2.47 bits per heavy atom. The predicted octanol–water partition coefficient (Wildman–Crippen LogP) is 3.11. The molecular weight excluding hydrogens is 420 g/mol. The van der Waals surface area contributed by atoms with Crippen molar-refractivity contribution in [3.05, 3.63) is 78.4 Å². The molecule has 1 saturated heterocycles. The van der Waals surface area contributed by atoms with E-state index in [2.05, 4.69) is 36.1 Å². The zero-order chi connectivity index (χ0) is 22.0. The minimum absolute atomic E-state index is 0.0140. The molecule has 0 spiro atoms. The highest BCUT2D eigenvalue weighted by Crippen LogP contribution is 2.22. The summed E-state index contributed by atoms with van der Waals surface area (Å²) in [5.74, 6) is 1.66. The number of benzene rings is 1. The Labute approximate surface area is 193 Å². The van der Waals surface area contributed by atoms with Gasteiger partial charge in [0.25, 0.3) is 5.91 Å². The minimum atomic E-state index is -0.0140. The largest absolute Gasteiger partial charge is 0.352 e. The summed E-state index contributed by atoms with van der Waals surface area (Å²) in [6.45, 7) is 5.50. The zero-order valence-electron chi connectivity index (χ0n) is 18.1. The van der Waals surface area contributed by atoms with Crippen LogP contribution in [0.15, 0.2) is 72.1 Å². The molecule has 32 heavy (non-hydrogen) atoms. The average molecular weight is 449 g/mol. The second-order valence-corrected chi connectivity index (χ2v) is 8.71. The van der Waals surface area contributed by atoms with Crippen molar-refractivity contribution in [2.75, 3.05) is 44.2 Å². The summed E-state index contributed by atoms with van der Waals surface area (Å²) in [5, 5.41) is 3.04. The van der Waals surface area contributed by atoms with Gasteiger partial charge in [0.15, 0.2) is 0 Å². The first-order valence-electron chi connectivity index (χ1n) is 10.9. The lowest BCUT2D eigenvalue weighted by atomic mass is 10.2. The molecule has 2 aromatic heterocycles. The molecule has 0 saturated carbocycles. The molecule has 166 valence electrons. The van der Waals surface area contributed by atoms with Crippen LogP contribution in [0.4, 0.5) is 5.95 Å². The zero-order valence-corrected chi connectivity index (χ0v) is 18.9. The molecule has 1 N–H and O–H groups in total. The van der Waals surface area contributed by atoms with E-state index in [-0.39, 0.29) is 5.91 Å². The van der Waals surface area contributed by atoms with E-state index in [4.69, 9.17) is 0 Å². The van der Waals surface area contributed by atoms with Crippen molar-refractivity contribution < 1.29 is 4.79 Å². The summed E-state index contributed by atoms with van der Waals surface area (Å²) in [6, 6.07) is 13.7. The third-order valence-electron chi connectivity index (χ3n) is 5.39. The van der Waals surface area contributed by atoms with Crippen molar-refractivity contribution in [3.8, 4) is 0 Å².